The first-order valence-corrected chi connectivity index (χ1v) is 8.19. The Morgan fingerprint density at radius 3 is 2.70 bits per heavy atom. The third kappa shape index (κ3) is 4.66. The fraction of sp³-hybridized carbons (Fsp3) is 0.562. The van der Waals surface area contributed by atoms with Gasteiger partial charge in [0.1, 0.15) is 11.4 Å². The third-order valence-corrected chi connectivity index (χ3v) is 4.01. The van der Waals surface area contributed by atoms with E-state index in [1.807, 2.05) is 6.07 Å². The number of rotatable bonds is 6. The molecule has 1 fully saturated rings. The average molecular weight is 318 g/mol. The SMILES string of the molecule is O=c1[nH]c(-c2ccc(OCCCN3CCCCCC3)cn2)no1. The summed E-state index contributed by atoms with van der Waals surface area (Å²) in [5.74, 6) is 0.453. The van der Waals surface area contributed by atoms with Crippen molar-refractivity contribution in [2.24, 2.45) is 0 Å². The largest absolute Gasteiger partial charge is 0.492 e. The van der Waals surface area contributed by atoms with Gasteiger partial charge in [0, 0.05) is 6.54 Å². The van der Waals surface area contributed by atoms with Crippen LogP contribution >= 0.6 is 0 Å². The number of hydrogen-bond donors (Lipinski definition) is 1. The van der Waals surface area contributed by atoms with Crippen LogP contribution in [0.5, 0.6) is 5.75 Å². The van der Waals surface area contributed by atoms with Crippen molar-refractivity contribution < 1.29 is 9.26 Å². The fourth-order valence-corrected chi connectivity index (χ4v) is 2.78. The Kier molecular flexibility index (Phi) is 5.42. The van der Waals surface area contributed by atoms with Gasteiger partial charge in [0.05, 0.1) is 12.8 Å². The third-order valence-electron chi connectivity index (χ3n) is 4.01. The quantitative estimate of drug-likeness (QED) is 0.821. The number of ether oxygens (including phenoxy) is 1. The van der Waals surface area contributed by atoms with Gasteiger partial charge in [-0.2, -0.15) is 0 Å². The van der Waals surface area contributed by atoms with Crippen LogP contribution in [0.4, 0.5) is 0 Å². The van der Waals surface area contributed by atoms with Gasteiger partial charge in [-0.15, -0.1) is 0 Å². The molecule has 0 radical (unpaired) electrons. The van der Waals surface area contributed by atoms with E-state index in [2.05, 4.69) is 24.5 Å². The monoisotopic (exact) mass is 318 g/mol. The van der Waals surface area contributed by atoms with Crippen molar-refractivity contribution in [3.05, 3.63) is 28.9 Å². The van der Waals surface area contributed by atoms with Crippen LogP contribution in [0.15, 0.2) is 27.6 Å². The number of H-pyrrole nitrogens is 1. The van der Waals surface area contributed by atoms with E-state index < -0.39 is 5.76 Å². The summed E-state index contributed by atoms with van der Waals surface area (Å²) in [6, 6.07) is 3.57. The van der Waals surface area contributed by atoms with E-state index in [-0.39, 0.29) is 0 Å². The molecule has 3 rings (SSSR count). The lowest BCUT2D eigenvalue weighted by molar-refractivity contribution is 0.239. The van der Waals surface area contributed by atoms with Crippen molar-refractivity contribution in [2.75, 3.05) is 26.2 Å². The Bertz CT molecular complexity index is 642. The molecule has 0 amide bonds. The molecular formula is C16H22N4O3. The van der Waals surface area contributed by atoms with Gasteiger partial charge in [-0.3, -0.25) is 9.51 Å². The lowest BCUT2D eigenvalue weighted by Gasteiger charge is -2.19. The van der Waals surface area contributed by atoms with Crippen LogP contribution in [0.2, 0.25) is 0 Å². The fourth-order valence-electron chi connectivity index (χ4n) is 2.78. The highest BCUT2D eigenvalue weighted by Gasteiger charge is 2.09. The Hall–Kier alpha value is -2.15. The Morgan fingerprint density at radius 1 is 1.22 bits per heavy atom. The molecule has 0 aliphatic carbocycles. The zero-order chi connectivity index (χ0) is 15.9. The maximum absolute atomic E-state index is 10.9. The van der Waals surface area contributed by atoms with Crippen LogP contribution in [-0.4, -0.2) is 46.3 Å². The Morgan fingerprint density at radius 2 is 2.04 bits per heavy atom. The first kappa shape index (κ1) is 15.7. The van der Waals surface area contributed by atoms with Gasteiger partial charge in [0.25, 0.3) is 0 Å². The molecule has 0 unspecified atom stereocenters. The number of likely N-dealkylation sites (tertiary alicyclic amines) is 1. The van der Waals surface area contributed by atoms with E-state index >= 15 is 0 Å². The number of hydrogen-bond acceptors (Lipinski definition) is 6. The first-order chi connectivity index (χ1) is 11.3. The van der Waals surface area contributed by atoms with E-state index in [1.54, 1.807) is 12.3 Å². The van der Waals surface area contributed by atoms with Crippen LogP contribution in [0.25, 0.3) is 11.5 Å². The molecule has 1 N–H and O–H groups in total. The van der Waals surface area contributed by atoms with Gasteiger partial charge in [0.2, 0.25) is 5.82 Å². The van der Waals surface area contributed by atoms with Crippen molar-refractivity contribution in [1.82, 2.24) is 20.0 Å². The topological polar surface area (TPSA) is 84.3 Å². The smallest absolute Gasteiger partial charge is 0.439 e. The van der Waals surface area contributed by atoms with E-state index in [4.69, 9.17) is 4.74 Å². The summed E-state index contributed by atoms with van der Waals surface area (Å²) in [6.07, 6.45) is 8.00. The molecule has 1 aliphatic heterocycles. The average Bonchev–Trinajstić information content (AvgIpc) is 2.84. The summed E-state index contributed by atoms with van der Waals surface area (Å²) in [7, 11) is 0. The molecule has 0 spiro atoms. The molecule has 23 heavy (non-hydrogen) atoms. The van der Waals surface area contributed by atoms with Crippen molar-refractivity contribution in [1.29, 1.82) is 0 Å². The first-order valence-electron chi connectivity index (χ1n) is 8.19. The van der Waals surface area contributed by atoms with Crippen LogP contribution in [0.1, 0.15) is 32.1 Å². The zero-order valence-corrected chi connectivity index (χ0v) is 13.2. The molecule has 2 aromatic heterocycles. The summed E-state index contributed by atoms with van der Waals surface area (Å²) >= 11 is 0. The molecule has 3 heterocycles. The van der Waals surface area contributed by atoms with Crippen LogP contribution < -0.4 is 10.5 Å². The molecule has 7 heteroatoms. The predicted molar refractivity (Wildman–Crippen MR) is 85.4 cm³/mol. The number of nitrogens with zero attached hydrogens (tertiary/aromatic N) is 3. The molecule has 124 valence electrons. The van der Waals surface area contributed by atoms with Gasteiger partial charge >= 0.3 is 5.76 Å². The Labute approximate surface area is 134 Å². The van der Waals surface area contributed by atoms with E-state index in [9.17, 15) is 4.79 Å². The number of aromatic nitrogens is 3. The molecule has 2 aromatic rings. The molecule has 0 bridgehead atoms. The van der Waals surface area contributed by atoms with E-state index in [0.717, 1.165) is 18.7 Å². The van der Waals surface area contributed by atoms with Gasteiger partial charge in [-0.25, -0.2) is 9.78 Å². The Balaban J connectivity index is 1.42. The molecular weight excluding hydrogens is 296 g/mol. The minimum absolute atomic E-state index is 0.322. The maximum atomic E-state index is 10.9. The molecule has 0 aromatic carbocycles. The van der Waals surface area contributed by atoms with Crippen LogP contribution in [0.3, 0.4) is 0 Å². The number of aromatic amines is 1. The summed E-state index contributed by atoms with van der Waals surface area (Å²) < 4.78 is 10.2. The highest BCUT2D eigenvalue weighted by molar-refractivity contribution is 5.48. The van der Waals surface area contributed by atoms with Gasteiger partial charge in [-0.05, 0) is 44.5 Å². The van der Waals surface area contributed by atoms with Crippen molar-refractivity contribution >= 4 is 0 Å². The number of pyridine rings is 1. The highest BCUT2D eigenvalue weighted by Crippen LogP contribution is 2.15. The van der Waals surface area contributed by atoms with E-state index in [0.29, 0.717) is 18.1 Å². The summed E-state index contributed by atoms with van der Waals surface area (Å²) in [6.45, 7) is 4.20. The van der Waals surface area contributed by atoms with Crippen molar-refractivity contribution in [2.45, 2.75) is 32.1 Å². The molecule has 1 saturated heterocycles. The maximum Gasteiger partial charge on any atom is 0.439 e. The van der Waals surface area contributed by atoms with Crippen LogP contribution in [0, 0.1) is 0 Å². The second kappa shape index (κ2) is 7.92. The van der Waals surface area contributed by atoms with Gasteiger partial charge in [0.15, 0.2) is 0 Å². The zero-order valence-electron chi connectivity index (χ0n) is 13.2. The number of nitrogens with one attached hydrogen (secondary N) is 1. The molecule has 0 atom stereocenters. The molecule has 7 nitrogen and oxygen atoms in total. The highest BCUT2D eigenvalue weighted by atomic mass is 16.5. The lowest BCUT2D eigenvalue weighted by Crippen LogP contribution is -2.26. The normalized spacial score (nSPS) is 16.2. The van der Waals surface area contributed by atoms with Crippen molar-refractivity contribution in [3.63, 3.8) is 0 Å². The van der Waals surface area contributed by atoms with Gasteiger partial charge < -0.3 is 9.64 Å². The van der Waals surface area contributed by atoms with Crippen LogP contribution in [-0.2, 0) is 0 Å². The summed E-state index contributed by atoms with van der Waals surface area (Å²) in [4.78, 5) is 20.1. The summed E-state index contributed by atoms with van der Waals surface area (Å²) in [5.41, 5.74) is 0.549. The second-order valence-electron chi connectivity index (χ2n) is 5.78. The minimum Gasteiger partial charge on any atom is -0.492 e. The second-order valence-corrected chi connectivity index (χ2v) is 5.78. The standard InChI is InChI=1S/C16H22N4O3/c21-16-18-15(19-23-16)14-7-6-13(12-17-14)22-11-5-10-20-8-3-1-2-4-9-20/h6-7,12H,1-5,8-11H2,(H,18,19,21). The lowest BCUT2D eigenvalue weighted by atomic mass is 10.2. The minimum atomic E-state index is -0.587. The van der Waals surface area contributed by atoms with E-state index in [1.165, 1.54) is 38.8 Å². The van der Waals surface area contributed by atoms with Crippen molar-refractivity contribution in [3.8, 4) is 17.3 Å². The molecule has 1 aliphatic rings. The summed E-state index contributed by atoms with van der Waals surface area (Å²) in [5, 5.41) is 3.60. The molecule has 0 saturated carbocycles. The van der Waals surface area contributed by atoms with Gasteiger partial charge in [-0.1, -0.05) is 18.0 Å². The predicted octanol–water partition coefficient (Wildman–Crippen LogP) is 2.07.